The third kappa shape index (κ3) is 2.03. The number of urea groups is 1. The van der Waals surface area contributed by atoms with Gasteiger partial charge in [0.1, 0.15) is 12.3 Å². The molecule has 2 aliphatic heterocycles. The minimum absolute atomic E-state index is 0.0710. The average Bonchev–Trinajstić information content (AvgIpc) is 2.52. The Hall–Kier alpha value is -1.03. The molecule has 0 unspecified atom stereocenters. The summed E-state index contributed by atoms with van der Waals surface area (Å²) in [6, 6.07) is -0.899. The molecule has 2 amide bonds. The first-order valence-electron chi connectivity index (χ1n) is 5.45. The molecule has 2 rings (SSSR count). The maximum Gasteiger partial charge on any atom is 0.321 e. The summed E-state index contributed by atoms with van der Waals surface area (Å²) in [5, 5.41) is 29.3. The maximum atomic E-state index is 13.7. The third-order valence-corrected chi connectivity index (χ3v) is 3.04. The van der Waals surface area contributed by atoms with Gasteiger partial charge in [-0.05, 0) is 0 Å². The number of hydrogen-bond acceptors (Lipinski definition) is 5. The van der Waals surface area contributed by atoms with Crippen LogP contribution in [0.15, 0.2) is 0 Å². The van der Waals surface area contributed by atoms with Crippen molar-refractivity contribution in [2.45, 2.75) is 37.0 Å². The van der Waals surface area contributed by atoms with E-state index in [9.17, 15) is 18.7 Å². The number of ether oxygens (including phenoxy) is 1. The standard InChI is InChI=1S/C9H14F2N2O5/c10-9(11)6(16)4(3-14)18-7(9)13-2-1-5(15)12-8(13)17/h4-7,14-16H,1-3H2,(H,12,17)/t4-,5-,6-,7+/m1/s1. The summed E-state index contributed by atoms with van der Waals surface area (Å²) in [6.07, 6.45) is -6.57. The number of carbonyl (C=O) groups excluding carboxylic acids is 1. The zero-order valence-electron chi connectivity index (χ0n) is 9.29. The zero-order chi connectivity index (χ0) is 13.5. The highest BCUT2D eigenvalue weighted by atomic mass is 19.3. The SMILES string of the molecule is O=C1N[C@H](O)CCN1[C@H]1O[C@H](CO)[C@@H](O)C1(F)F. The van der Waals surface area contributed by atoms with Crippen LogP contribution >= 0.6 is 0 Å². The highest BCUT2D eigenvalue weighted by Crippen LogP contribution is 2.38. The molecule has 0 aromatic rings. The number of hydrogen-bond donors (Lipinski definition) is 4. The molecule has 0 saturated carbocycles. The minimum Gasteiger partial charge on any atom is -0.394 e. The monoisotopic (exact) mass is 268 g/mol. The second-order valence-electron chi connectivity index (χ2n) is 4.28. The van der Waals surface area contributed by atoms with E-state index in [1.807, 2.05) is 0 Å². The number of nitrogens with zero attached hydrogens (tertiary/aromatic N) is 1. The van der Waals surface area contributed by atoms with Gasteiger partial charge in [-0.15, -0.1) is 0 Å². The summed E-state index contributed by atoms with van der Waals surface area (Å²) in [6.45, 7) is -0.899. The molecule has 4 N–H and O–H groups in total. The first kappa shape index (κ1) is 13.4. The van der Waals surface area contributed by atoms with Crippen LogP contribution in [0.3, 0.4) is 0 Å². The molecule has 7 nitrogen and oxygen atoms in total. The van der Waals surface area contributed by atoms with E-state index in [-0.39, 0.29) is 13.0 Å². The molecule has 4 atom stereocenters. The lowest BCUT2D eigenvalue weighted by atomic mass is 10.1. The fourth-order valence-electron chi connectivity index (χ4n) is 2.03. The topological polar surface area (TPSA) is 102 Å². The van der Waals surface area contributed by atoms with Crippen LogP contribution in [0.1, 0.15) is 6.42 Å². The molecular weight excluding hydrogens is 254 g/mol. The molecule has 0 bridgehead atoms. The van der Waals surface area contributed by atoms with Crippen LogP contribution in [0.5, 0.6) is 0 Å². The van der Waals surface area contributed by atoms with Crippen LogP contribution in [0.25, 0.3) is 0 Å². The van der Waals surface area contributed by atoms with Crippen LogP contribution in [0.4, 0.5) is 13.6 Å². The second kappa shape index (κ2) is 4.57. The number of amides is 2. The molecule has 2 fully saturated rings. The average molecular weight is 268 g/mol. The van der Waals surface area contributed by atoms with Crippen molar-refractivity contribution in [3.05, 3.63) is 0 Å². The van der Waals surface area contributed by atoms with Gasteiger partial charge in [-0.2, -0.15) is 8.78 Å². The molecule has 0 aromatic heterocycles. The van der Waals surface area contributed by atoms with Gasteiger partial charge in [0.2, 0.25) is 6.23 Å². The number of alkyl halides is 2. The van der Waals surface area contributed by atoms with Crippen LogP contribution in [0.2, 0.25) is 0 Å². The molecular formula is C9H14F2N2O5. The Morgan fingerprint density at radius 3 is 2.67 bits per heavy atom. The van der Waals surface area contributed by atoms with Crippen LogP contribution in [-0.4, -0.2) is 70.0 Å². The van der Waals surface area contributed by atoms with Gasteiger partial charge in [-0.1, -0.05) is 0 Å². The number of aliphatic hydroxyl groups excluding tert-OH is 3. The Morgan fingerprint density at radius 1 is 1.50 bits per heavy atom. The van der Waals surface area contributed by atoms with Crippen molar-refractivity contribution in [2.75, 3.05) is 13.2 Å². The van der Waals surface area contributed by atoms with Gasteiger partial charge >= 0.3 is 12.0 Å². The Kier molecular flexibility index (Phi) is 3.41. The van der Waals surface area contributed by atoms with E-state index >= 15 is 0 Å². The Morgan fingerprint density at radius 2 is 2.17 bits per heavy atom. The number of halogens is 2. The largest absolute Gasteiger partial charge is 0.394 e. The first-order chi connectivity index (χ1) is 8.37. The normalized spacial score (nSPS) is 39.8. The molecule has 0 spiro atoms. The fraction of sp³-hybridized carbons (Fsp3) is 0.889. The van der Waals surface area contributed by atoms with Crippen LogP contribution in [0, 0.1) is 0 Å². The molecule has 2 heterocycles. The van der Waals surface area contributed by atoms with Gasteiger partial charge in [0.15, 0.2) is 6.10 Å². The summed E-state index contributed by atoms with van der Waals surface area (Å²) in [4.78, 5) is 12.2. The second-order valence-corrected chi connectivity index (χ2v) is 4.28. The smallest absolute Gasteiger partial charge is 0.321 e. The molecule has 2 saturated heterocycles. The summed E-state index contributed by atoms with van der Waals surface area (Å²) in [7, 11) is 0. The van der Waals surface area contributed by atoms with E-state index in [1.165, 1.54) is 0 Å². The summed E-state index contributed by atoms with van der Waals surface area (Å²) in [5.74, 6) is -3.67. The molecule has 0 aromatic carbocycles. The summed E-state index contributed by atoms with van der Waals surface area (Å²) >= 11 is 0. The first-order valence-corrected chi connectivity index (χ1v) is 5.45. The van der Waals surface area contributed by atoms with E-state index < -0.39 is 43.2 Å². The van der Waals surface area contributed by atoms with Crippen molar-refractivity contribution in [2.24, 2.45) is 0 Å². The highest BCUT2D eigenvalue weighted by Gasteiger charge is 2.61. The van der Waals surface area contributed by atoms with E-state index in [2.05, 4.69) is 5.32 Å². The van der Waals surface area contributed by atoms with Gasteiger partial charge in [0, 0.05) is 13.0 Å². The lowest BCUT2D eigenvalue weighted by molar-refractivity contribution is -0.159. The van der Waals surface area contributed by atoms with E-state index in [0.29, 0.717) is 4.90 Å². The van der Waals surface area contributed by atoms with Crippen molar-refractivity contribution >= 4 is 6.03 Å². The van der Waals surface area contributed by atoms with Gasteiger partial charge in [0.25, 0.3) is 0 Å². The van der Waals surface area contributed by atoms with Gasteiger partial charge in [-0.3, -0.25) is 4.90 Å². The van der Waals surface area contributed by atoms with Gasteiger partial charge in [0.05, 0.1) is 6.61 Å². The maximum absolute atomic E-state index is 13.7. The lowest BCUT2D eigenvalue weighted by Gasteiger charge is -2.36. The molecule has 0 aliphatic carbocycles. The van der Waals surface area contributed by atoms with Crippen molar-refractivity contribution in [3.8, 4) is 0 Å². The van der Waals surface area contributed by atoms with Crippen LogP contribution in [-0.2, 0) is 4.74 Å². The minimum atomic E-state index is -3.67. The molecule has 104 valence electrons. The number of rotatable bonds is 2. The van der Waals surface area contributed by atoms with Crippen molar-refractivity contribution in [1.82, 2.24) is 10.2 Å². The van der Waals surface area contributed by atoms with Crippen molar-refractivity contribution in [3.63, 3.8) is 0 Å². The molecule has 0 radical (unpaired) electrons. The third-order valence-electron chi connectivity index (χ3n) is 3.04. The van der Waals surface area contributed by atoms with Crippen LogP contribution < -0.4 is 5.32 Å². The molecule has 18 heavy (non-hydrogen) atoms. The predicted octanol–water partition coefficient (Wildman–Crippen LogP) is -1.57. The molecule has 2 aliphatic rings. The summed E-state index contributed by atoms with van der Waals surface area (Å²) < 4.78 is 32.3. The Bertz CT molecular complexity index is 343. The van der Waals surface area contributed by atoms with E-state index in [4.69, 9.17) is 14.9 Å². The van der Waals surface area contributed by atoms with Crippen molar-refractivity contribution < 1.29 is 33.6 Å². The lowest BCUT2D eigenvalue weighted by Crippen LogP contribution is -2.59. The Balaban J connectivity index is 2.15. The van der Waals surface area contributed by atoms with E-state index in [0.717, 1.165) is 0 Å². The highest BCUT2D eigenvalue weighted by molar-refractivity contribution is 5.75. The van der Waals surface area contributed by atoms with E-state index in [1.54, 1.807) is 0 Å². The van der Waals surface area contributed by atoms with Gasteiger partial charge < -0.3 is 25.4 Å². The fourth-order valence-corrected chi connectivity index (χ4v) is 2.03. The number of nitrogens with one attached hydrogen (secondary N) is 1. The van der Waals surface area contributed by atoms with Crippen molar-refractivity contribution in [1.29, 1.82) is 0 Å². The quantitative estimate of drug-likeness (QED) is 0.485. The number of aliphatic hydroxyl groups is 3. The molecule has 9 heteroatoms. The van der Waals surface area contributed by atoms with Gasteiger partial charge in [-0.25, -0.2) is 4.79 Å². The predicted molar refractivity (Wildman–Crippen MR) is 52.6 cm³/mol. The summed E-state index contributed by atoms with van der Waals surface area (Å²) in [5.41, 5.74) is 0. The number of carbonyl (C=O) groups is 1. The zero-order valence-corrected chi connectivity index (χ0v) is 9.29. The Labute approximate surface area is 101 Å².